The first-order chi connectivity index (χ1) is 13.7. The van der Waals surface area contributed by atoms with Crippen LogP contribution < -0.4 is 14.8 Å². The highest BCUT2D eigenvalue weighted by Gasteiger charge is 2.15. The maximum Gasteiger partial charge on any atom is 0.240 e. The third-order valence-electron chi connectivity index (χ3n) is 4.31. The molecule has 2 aromatic carbocycles. The molecular formula is C21H25N3O4. The molecule has 0 fully saturated rings. The quantitative estimate of drug-likeness (QED) is 0.545. The van der Waals surface area contributed by atoms with Crippen LogP contribution in [0.25, 0.3) is 11.0 Å². The molecule has 1 heterocycles. The second kappa shape index (κ2) is 9.75. The number of nitrogens with zero attached hydrogens (tertiary/aromatic N) is 2. The zero-order chi connectivity index (χ0) is 19.8. The van der Waals surface area contributed by atoms with Gasteiger partial charge in [-0.1, -0.05) is 24.3 Å². The third kappa shape index (κ3) is 4.80. The first-order valence-electron chi connectivity index (χ1n) is 9.18. The maximum atomic E-state index is 12.4. The molecule has 7 nitrogen and oxygen atoms in total. The molecule has 0 radical (unpaired) electrons. The van der Waals surface area contributed by atoms with E-state index in [1.54, 1.807) is 14.2 Å². The molecule has 0 unspecified atom stereocenters. The van der Waals surface area contributed by atoms with Gasteiger partial charge in [-0.15, -0.1) is 0 Å². The third-order valence-corrected chi connectivity index (χ3v) is 4.31. The van der Waals surface area contributed by atoms with Crippen molar-refractivity contribution >= 4 is 16.9 Å². The SMILES string of the molecule is COCCCNC(=O)Cn1c(COc2ccccc2OC)nc2ccccc21. The van der Waals surface area contributed by atoms with Crippen molar-refractivity contribution in [1.82, 2.24) is 14.9 Å². The van der Waals surface area contributed by atoms with E-state index in [9.17, 15) is 4.79 Å². The van der Waals surface area contributed by atoms with E-state index in [0.717, 1.165) is 17.5 Å². The Morgan fingerprint density at radius 3 is 2.61 bits per heavy atom. The molecule has 0 saturated heterocycles. The number of aromatic nitrogens is 2. The van der Waals surface area contributed by atoms with Crippen molar-refractivity contribution in [2.24, 2.45) is 0 Å². The van der Waals surface area contributed by atoms with Crippen molar-refractivity contribution in [2.75, 3.05) is 27.4 Å². The maximum absolute atomic E-state index is 12.4. The Labute approximate surface area is 164 Å². The summed E-state index contributed by atoms with van der Waals surface area (Å²) in [5.41, 5.74) is 1.72. The van der Waals surface area contributed by atoms with Crippen molar-refractivity contribution in [2.45, 2.75) is 19.6 Å². The van der Waals surface area contributed by atoms with Gasteiger partial charge in [-0.05, 0) is 30.7 Å². The fourth-order valence-electron chi connectivity index (χ4n) is 2.94. The lowest BCUT2D eigenvalue weighted by molar-refractivity contribution is -0.121. The number of nitrogens with one attached hydrogen (secondary N) is 1. The van der Waals surface area contributed by atoms with E-state index < -0.39 is 0 Å². The minimum atomic E-state index is -0.0715. The van der Waals surface area contributed by atoms with E-state index in [1.165, 1.54) is 0 Å². The number of carbonyl (C=O) groups is 1. The van der Waals surface area contributed by atoms with Gasteiger partial charge in [0.2, 0.25) is 5.91 Å². The molecule has 1 N–H and O–H groups in total. The Hall–Kier alpha value is -3.06. The molecule has 28 heavy (non-hydrogen) atoms. The van der Waals surface area contributed by atoms with E-state index in [4.69, 9.17) is 14.2 Å². The number of methoxy groups -OCH3 is 2. The number of ether oxygens (including phenoxy) is 3. The summed E-state index contributed by atoms with van der Waals surface area (Å²) in [7, 11) is 3.25. The average Bonchev–Trinajstić information content (AvgIpc) is 3.07. The lowest BCUT2D eigenvalue weighted by atomic mass is 10.3. The molecule has 0 aliphatic rings. The lowest BCUT2D eigenvalue weighted by Crippen LogP contribution is -2.29. The summed E-state index contributed by atoms with van der Waals surface area (Å²) < 4.78 is 18.1. The molecule has 148 valence electrons. The molecule has 0 bridgehead atoms. The van der Waals surface area contributed by atoms with Gasteiger partial charge in [0.15, 0.2) is 11.5 Å². The van der Waals surface area contributed by atoms with Crippen LogP contribution in [0.3, 0.4) is 0 Å². The van der Waals surface area contributed by atoms with Crippen molar-refractivity contribution in [1.29, 1.82) is 0 Å². The number of carbonyl (C=O) groups excluding carboxylic acids is 1. The summed E-state index contributed by atoms with van der Waals surface area (Å²) >= 11 is 0. The molecule has 0 aliphatic carbocycles. The van der Waals surface area contributed by atoms with Gasteiger partial charge in [0.25, 0.3) is 0 Å². The van der Waals surface area contributed by atoms with Crippen LogP contribution in [0, 0.1) is 0 Å². The first kappa shape index (κ1) is 19.7. The normalized spacial score (nSPS) is 10.8. The zero-order valence-corrected chi connectivity index (χ0v) is 16.2. The second-order valence-electron chi connectivity index (χ2n) is 6.24. The van der Waals surface area contributed by atoms with Crippen LogP contribution in [-0.2, 0) is 22.7 Å². The van der Waals surface area contributed by atoms with Crippen molar-refractivity contribution < 1.29 is 19.0 Å². The van der Waals surface area contributed by atoms with Gasteiger partial charge in [0.1, 0.15) is 19.0 Å². The zero-order valence-electron chi connectivity index (χ0n) is 16.2. The van der Waals surface area contributed by atoms with Crippen molar-refractivity contribution in [3.63, 3.8) is 0 Å². The fraction of sp³-hybridized carbons (Fsp3) is 0.333. The predicted octanol–water partition coefficient (Wildman–Crippen LogP) is 2.78. The monoisotopic (exact) mass is 383 g/mol. The number of benzene rings is 2. The Morgan fingerprint density at radius 2 is 1.82 bits per heavy atom. The predicted molar refractivity (Wildman–Crippen MR) is 107 cm³/mol. The van der Waals surface area contributed by atoms with Crippen LogP contribution in [-0.4, -0.2) is 42.8 Å². The Bertz CT molecular complexity index is 923. The van der Waals surface area contributed by atoms with Crippen molar-refractivity contribution in [3.05, 3.63) is 54.4 Å². The molecule has 1 amide bonds. The highest BCUT2D eigenvalue weighted by atomic mass is 16.5. The van der Waals surface area contributed by atoms with Gasteiger partial charge in [0.05, 0.1) is 18.1 Å². The number of amides is 1. The summed E-state index contributed by atoms with van der Waals surface area (Å²) in [6.07, 6.45) is 0.774. The van der Waals surface area contributed by atoms with Crippen LogP contribution in [0.2, 0.25) is 0 Å². The molecule has 0 atom stereocenters. The van der Waals surface area contributed by atoms with Gasteiger partial charge in [-0.25, -0.2) is 4.98 Å². The van der Waals surface area contributed by atoms with E-state index in [2.05, 4.69) is 10.3 Å². The molecule has 0 saturated carbocycles. The first-order valence-corrected chi connectivity index (χ1v) is 9.18. The van der Waals surface area contributed by atoms with Gasteiger partial charge in [-0.2, -0.15) is 0 Å². The van der Waals surface area contributed by atoms with E-state index >= 15 is 0 Å². The molecule has 0 aliphatic heterocycles. The van der Waals surface area contributed by atoms with Crippen LogP contribution in [0.5, 0.6) is 11.5 Å². The largest absolute Gasteiger partial charge is 0.493 e. The summed E-state index contributed by atoms with van der Waals surface area (Å²) in [5.74, 6) is 1.89. The van der Waals surface area contributed by atoms with Gasteiger partial charge in [-0.3, -0.25) is 4.79 Å². The van der Waals surface area contributed by atoms with Gasteiger partial charge < -0.3 is 24.1 Å². The number of hydrogen-bond acceptors (Lipinski definition) is 5. The minimum absolute atomic E-state index is 0.0715. The van der Waals surface area contributed by atoms with E-state index in [1.807, 2.05) is 53.1 Å². The summed E-state index contributed by atoms with van der Waals surface area (Å²) in [6, 6.07) is 15.2. The number of para-hydroxylation sites is 4. The van der Waals surface area contributed by atoms with Crippen LogP contribution >= 0.6 is 0 Å². The molecular weight excluding hydrogens is 358 g/mol. The summed E-state index contributed by atoms with van der Waals surface area (Å²) in [4.78, 5) is 17.0. The van der Waals surface area contributed by atoms with E-state index in [-0.39, 0.29) is 19.1 Å². The standard InChI is InChI=1S/C21H25N3O4/c1-26-13-7-12-22-21(25)14-24-17-9-4-3-8-16(17)23-20(24)15-28-19-11-6-5-10-18(19)27-2/h3-6,8-11H,7,12-15H2,1-2H3,(H,22,25). The van der Waals surface area contributed by atoms with Gasteiger partial charge >= 0.3 is 0 Å². The summed E-state index contributed by atoms with van der Waals surface area (Å²) in [5, 5.41) is 2.91. The Balaban J connectivity index is 1.76. The molecule has 0 spiro atoms. The Morgan fingerprint density at radius 1 is 1.07 bits per heavy atom. The number of imidazole rings is 1. The minimum Gasteiger partial charge on any atom is -0.493 e. The highest BCUT2D eigenvalue weighted by Crippen LogP contribution is 2.27. The molecule has 7 heteroatoms. The lowest BCUT2D eigenvalue weighted by Gasteiger charge is -2.12. The summed E-state index contributed by atoms with van der Waals surface area (Å²) in [6.45, 7) is 1.60. The number of rotatable bonds is 10. The van der Waals surface area contributed by atoms with Crippen LogP contribution in [0.1, 0.15) is 12.2 Å². The average molecular weight is 383 g/mol. The number of hydrogen-bond donors (Lipinski definition) is 1. The molecule has 1 aromatic heterocycles. The second-order valence-corrected chi connectivity index (χ2v) is 6.24. The molecule has 3 aromatic rings. The van der Waals surface area contributed by atoms with E-state index in [0.29, 0.717) is 30.5 Å². The molecule has 3 rings (SSSR count). The topological polar surface area (TPSA) is 74.6 Å². The van der Waals surface area contributed by atoms with Crippen LogP contribution in [0.4, 0.5) is 0 Å². The Kier molecular flexibility index (Phi) is 6.86. The van der Waals surface area contributed by atoms with Crippen molar-refractivity contribution in [3.8, 4) is 11.5 Å². The van der Waals surface area contributed by atoms with Crippen LogP contribution in [0.15, 0.2) is 48.5 Å². The number of fused-ring (bicyclic) bond motifs is 1. The highest BCUT2D eigenvalue weighted by molar-refractivity contribution is 5.81. The van der Waals surface area contributed by atoms with Gasteiger partial charge in [0, 0.05) is 20.3 Å². The smallest absolute Gasteiger partial charge is 0.240 e. The fourth-order valence-corrected chi connectivity index (χ4v) is 2.94.